The average Bonchev–Trinajstić information content (AvgIpc) is 2.44. The lowest BCUT2D eigenvalue weighted by Crippen LogP contribution is -2.24. The Morgan fingerprint density at radius 3 is 2.76 bits per heavy atom. The van der Waals surface area contributed by atoms with Crippen LogP contribution in [0.1, 0.15) is 19.5 Å². The first-order valence-corrected chi connectivity index (χ1v) is 7.46. The van der Waals surface area contributed by atoms with Crippen molar-refractivity contribution in [2.75, 3.05) is 7.11 Å². The molecule has 1 heterocycles. The molecule has 0 aliphatic carbocycles. The summed E-state index contributed by atoms with van der Waals surface area (Å²) >= 11 is 3.43. The predicted molar refractivity (Wildman–Crippen MR) is 86.5 cm³/mol. The zero-order valence-corrected chi connectivity index (χ0v) is 13.8. The first kappa shape index (κ1) is 15.7. The molecule has 6 heteroatoms. The van der Waals surface area contributed by atoms with Crippen molar-refractivity contribution in [2.45, 2.75) is 26.4 Å². The summed E-state index contributed by atoms with van der Waals surface area (Å²) in [6.07, 6.45) is 0. The summed E-state index contributed by atoms with van der Waals surface area (Å²) in [4.78, 5) is 19.0. The van der Waals surface area contributed by atoms with E-state index in [1.165, 1.54) is 6.07 Å². The number of benzene rings is 1. The Bertz CT molecular complexity index is 683. The molecule has 5 nitrogen and oxygen atoms in total. The van der Waals surface area contributed by atoms with Gasteiger partial charge in [0.2, 0.25) is 0 Å². The Morgan fingerprint density at radius 2 is 2.14 bits per heavy atom. The summed E-state index contributed by atoms with van der Waals surface area (Å²) in [7, 11) is 1.61. The number of nitrogens with one attached hydrogen (secondary N) is 2. The van der Waals surface area contributed by atoms with Crippen LogP contribution in [-0.4, -0.2) is 23.1 Å². The van der Waals surface area contributed by atoms with Gasteiger partial charge in [0.1, 0.15) is 11.6 Å². The number of hydrogen-bond donors (Lipinski definition) is 2. The van der Waals surface area contributed by atoms with Gasteiger partial charge >= 0.3 is 0 Å². The van der Waals surface area contributed by atoms with Gasteiger partial charge < -0.3 is 15.0 Å². The van der Waals surface area contributed by atoms with Gasteiger partial charge in [-0.15, -0.1) is 0 Å². The summed E-state index contributed by atoms with van der Waals surface area (Å²) in [6.45, 7) is 4.66. The molecule has 0 aliphatic heterocycles. The van der Waals surface area contributed by atoms with Crippen molar-refractivity contribution in [1.29, 1.82) is 0 Å². The van der Waals surface area contributed by atoms with Crippen LogP contribution in [0, 0.1) is 0 Å². The minimum absolute atomic E-state index is 0.160. The molecular weight excluding hydrogens is 334 g/mol. The quantitative estimate of drug-likeness (QED) is 0.868. The molecule has 2 aromatic rings. The second-order valence-corrected chi connectivity index (χ2v) is 5.82. The van der Waals surface area contributed by atoms with Crippen LogP contribution in [0.2, 0.25) is 0 Å². The average molecular weight is 352 g/mol. The van der Waals surface area contributed by atoms with Gasteiger partial charge in [-0.1, -0.05) is 13.8 Å². The van der Waals surface area contributed by atoms with Crippen LogP contribution in [0.5, 0.6) is 5.75 Å². The normalized spacial score (nSPS) is 10.9. The highest BCUT2D eigenvalue weighted by Crippen LogP contribution is 2.28. The number of nitrogens with zero attached hydrogens (tertiary/aromatic N) is 1. The molecule has 1 aromatic carbocycles. The fourth-order valence-electron chi connectivity index (χ4n) is 1.86. The zero-order valence-electron chi connectivity index (χ0n) is 12.2. The van der Waals surface area contributed by atoms with Crippen molar-refractivity contribution < 1.29 is 4.74 Å². The van der Waals surface area contributed by atoms with Crippen LogP contribution in [-0.2, 0) is 6.54 Å². The summed E-state index contributed by atoms with van der Waals surface area (Å²) < 4.78 is 6.01. The van der Waals surface area contributed by atoms with Crippen molar-refractivity contribution in [1.82, 2.24) is 15.3 Å². The van der Waals surface area contributed by atoms with Gasteiger partial charge in [0.25, 0.3) is 5.56 Å². The maximum absolute atomic E-state index is 11.8. The maximum atomic E-state index is 11.8. The van der Waals surface area contributed by atoms with Crippen molar-refractivity contribution in [3.63, 3.8) is 0 Å². The molecule has 0 aliphatic rings. The summed E-state index contributed by atoms with van der Waals surface area (Å²) in [5.74, 6) is 1.28. The summed E-state index contributed by atoms with van der Waals surface area (Å²) in [5.41, 5.74) is 1.38. The van der Waals surface area contributed by atoms with E-state index in [2.05, 4.69) is 45.1 Å². The van der Waals surface area contributed by atoms with E-state index >= 15 is 0 Å². The molecule has 0 spiro atoms. The molecular formula is C15H18BrN3O2. The van der Waals surface area contributed by atoms with Crippen molar-refractivity contribution >= 4 is 15.9 Å². The topological polar surface area (TPSA) is 67.0 Å². The molecule has 0 unspecified atom stereocenters. The third-order valence-electron chi connectivity index (χ3n) is 2.91. The van der Waals surface area contributed by atoms with Crippen molar-refractivity contribution in [2.24, 2.45) is 0 Å². The largest absolute Gasteiger partial charge is 0.496 e. The highest BCUT2D eigenvalue weighted by Gasteiger charge is 2.07. The second-order valence-electron chi connectivity index (χ2n) is 4.97. The summed E-state index contributed by atoms with van der Waals surface area (Å²) in [5, 5.41) is 3.25. The minimum Gasteiger partial charge on any atom is -0.496 e. The van der Waals surface area contributed by atoms with Crippen molar-refractivity contribution in [3.8, 4) is 17.1 Å². The van der Waals surface area contributed by atoms with Crippen LogP contribution in [0.25, 0.3) is 11.4 Å². The van der Waals surface area contributed by atoms with E-state index in [9.17, 15) is 4.79 Å². The van der Waals surface area contributed by atoms with E-state index in [1.54, 1.807) is 7.11 Å². The molecule has 1 aromatic heterocycles. The number of aromatic amines is 1. The van der Waals surface area contributed by atoms with Gasteiger partial charge in [-0.3, -0.25) is 4.79 Å². The SMILES string of the molecule is COc1ccc(-c2nc(CNC(C)C)cc(=O)[nH]2)cc1Br. The first-order chi connectivity index (χ1) is 9.99. The van der Waals surface area contributed by atoms with Crippen LogP contribution in [0.3, 0.4) is 0 Å². The first-order valence-electron chi connectivity index (χ1n) is 6.67. The second kappa shape index (κ2) is 6.87. The smallest absolute Gasteiger partial charge is 0.251 e. The Hall–Kier alpha value is -1.66. The molecule has 2 N–H and O–H groups in total. The molecule has 0 saturated heterocycles. The van der Waals surface area contributed by atoms with E-state index in [-0.39, 0.29) is 5.56 Å². The molecule has 2 rings (SSSR count). The Balaban J connectivity index is 2.35. The fraction of sp³-hybridized carbons (Fsp3) is 0.333. The molecule has 112 valence electrons. The summed E-state index contributed by atoms with van der Waals surface area (Å²) in [6, 6.07) is 7.42. The van der Waals surface area contributed by atoms with E-state index in [4.69, 9.17) is 4.74 Å². The number of H-pyrrole nitrogens is 1. The highest BCUT2D eigenvalue weighted by molar-refractivity contribution is 9.10. The van der Waals surface area contributed by atoms with Crippen molar-refractivity contribution in [3.05, 3.63) is 44.8 Å². The van der Waals surface area contributed by atoms with E-state index in [0.717, 1.165) is 21.5 Å². The molecule has 0 radical (unpaired) electrons. The molecule has 0 bridgehead atoms. The number of hydrogen-bond acceptors (Lipinski definition) is 4. The maximum Gasteiger partial charge on any atom is 0.251 e. The van der Waals surface area contributed by atoms with Crippen LogP contribution >= 0.6 is 15.9 Å². The Labute approximate surface area is 131 Å². The van der Waals surface area contributed by atoms with Crippen LogP contribution < -0.4 is 15.6 Å². The third kappa shape index (κ3) is 4.15. The van der Waals surface area contributed by atoms with Gasteiger partial charge in [-0.2, -0.15) is 0 Å². The molecule has 0 fully saturated rings. The number of halogens is 1. The monoisotopic (exact) mass is 351 g/mol. The fourth-order valence-corrected chi connectivity index (χ4v) is 2.40. The molecule has 21 heavy (non-hydrogen) atoms. The number of rotatable bonds is 5. The highest BCUT2D eigenvalue weighted by atomic mass is 79.9. The third-order valence-corrected chi connectivity index (χ3v) is 3.53. The van der Waals surface area contributed by atoms with Gasteiger partial charge in [0.05, 0.1) is 17.3 Å². The standard InChI is InChI=1S/C15H18BrN3O2/c1-9(2)17-8-11-7-14(20)19-15(18-11)10-4-5-13(21-3)12(16)6-10/h4-7,9,17H,8H2,1-3H3,(H,18,19,20). The van der Waals surface area contributed by atoms with E-state index in [1.807, 2.05) is 18.2 Å². The predicted octanol–water partition coefficient (Wildman–Crippen LogP) is 2.71. The van der Waals surface area contributed by atoms with E-state index in [0.29, 0.717) is 18.4 Å². The van der Waals surface area contributed by atoms with Gasteiger partial charge in [-0.05, 0) is 34.1 Å². The van der Waals surface area contributed by atoms with Gasteiger partial charge in [0.15, 0.2) is 0 Å². The Morgan fingerprint density at radius 1 is 1.38 bits per heavy atom. The molecule has 0 atom stereocenters. The van der Waals surface area contributed by atoms with Gasteiger partial charge in [-0.25, -0.2) is 4.98 Å². The zero-order chi connectivity index (χ0) is 15.4. The Kier molecular flexibility index (Phi) is 5.14. The van der Waals surface area contributed by atoms with E-state index < -0.39 is 0 Å². The number of aromatic nitrogens is 2. The minimum atomic E-state index is -0.160. The lowest BCUT2D eigenvalue weighted by Gasteiger charge is -2.09. The van der Waals surface area contributed by atoms with Crippen LogP contribution in [0.4, 0.5) is 0 Å². The molecule has 0 saturated carbocycles. The number of ether oxygens (including phenoxy) is 1. The lowest BCUT2D eigenvalue weighted by atomic mass is 10.2. The van der Waals surface area contributed by atoms with Crippen LogP contribution in [0.15, 0.2) is 33.5 Å². The number of methoxy groups -OCH3 is 1. The lowest BCUT2D eigenvalue weighted by molar-refractivity contribution is 0.412. The molecule has 0 amide bonds. The van der Waals surface area contributed by atoms with Gasteiger partial charge in [0, 0.05) is 24.2 Å².